The van der Waals surface area contributed by atoms with Crippen LogP contribution >= 0.6 is 15.9 Å². The number of nitrogens with one attached hydrogen (secondary N) is 2. The maximum atomic E-state index is 13.1. The minimum Gasteiger partial charge on any atom is -0.383 e. The summed E-state index contributed by atoms with van der Waals surface area (Å²) in [5.74, 6) is -0.596. The summed E-state index contributed by atoms with van der Waals surface area (Å²) in [5.41, 5.74) is 0. The van der Waals surface area contributed by atoms with Crippen molar-refractivity contribution in [2.75, 3.05) is 33.4 Å². The number of hydrogen-bond acceptors (Lipinski definition) is 4. The molecule has 8 heteroatoms. The van der Waals surface area contributed by atoms with Crippen molar-refractivity contribution in [3.63, 3.8) is 0 Å². The van der Waals surface area contributed by atoms with Crippen LogP contribution in [0.15, 0.2) is 27.6 Å². The van der Waals surface area contributed by atoms with Gasteiger partial charge in [-0.05, 0) is 34.1 Å². The van der Waals surface area contributed by atoms with Crippen LogP contribution in [0.3, 0.4) is 0 Å². The van der Waals surface area contributed by atoms with Crippen LogP contribution in [0.4, 0.5) is 4.39 Å². The quantitative estimate of drug-likeness (QED) is 0.686. The van der Waals surface area contributed by atoms with E-state index in [1.807, 2.05) is 0 Å². The first-order chi connectivity index (χ1) is 8.97. The van der Waals surface area contributed by atoms with Gasteiger partial charge in [0.2, 0.25) is 10.0 Å². The number of halogens is 2. The molecule has 0 radical (unpaired) electrons. The number of ether oxygens (including phenoxy) is 1. The van der Waals surface area contributed by atoms with Crippen molar-refractivity contribution < 1.29 is 17.5 Å². The fourth-order valence-corrected chi connectivity index (χ4v) is 3.34. The van der Waals surface area contributed by atoms with Gasteiger partial charge in [-0.1, -0.05) is 0 Å². The first kappa shape index (κ1) is 16.5. The topological polar surface area (TPSA) is 67.4 Å². The van der Waals surface area contributed by atoms with Gasteiger partial charge in [0, 0.05) is 31.2 Å². The Balaban J connectivity index is 2.54. The second-order valence-electron chi connectivity index (χ2n) is 3.72. The smallest absolute Gasteiger partial charge is 0.241 e. The third kappa shape index (κ3) is 5.53. The van der Waals surface area contributed by atoms with Gasteiger partial charge in [0.15, 0.2) is 0 Å². The molecule has 0 unspecified atom stereocenters. The first-order valence-corrected chi connectivity index (χ1v) is 7.89. The molecule has 108 valence electrons. The lowest BCUT2D eigenvalue weighted by molar-refractivity contribution is 0.199. The summed E-state index contributed by atoms with van der Waals surface area (Å²) in [7, 11) is -2.13. The van der Waals surface area contributed by atoms with Crippen molar-refractivity contribution in [2.24, 2.45) is 0 Å². The van der Waals surface area contributed by atoms with Crippen LogP contribution in [0.1, 0.15) is 0 Å². The molecule has 0 aromatic heterocycles. The van der Waals surface area contributed by atoms with Gasteiger partial charge >= 0.3 is 0 Å². The Bertz CT molecular complexity index is 511. The van der Waals surface area contributed by atoms with Crippen LogP contribution < -0.4 is 10.0 Å². The molecular weight excluding hydrogens is 339 g/mol. The molecule has 0 atom stereocenters. The van der Waals surface area contributed by atoms with Gasteiger partial charge in [-0.25, -0.2) is 17.5 Å². The zero-order valence-electron chi connectivity index (χ0n) is 10.4. The summed E-state index contributed by atoms with van der Waals surface area (Å²) in [6, 6.07) is 3.53. The van der Waals surface area contributed by atoms with Gasteiger partial charge in [-0.15, -0.1) is 0 Å². The van der Waals surface area contributed by atoms with Gasteiger partial charge in [0.25, 0.3) is 0 Å². The predicted molar refractivity (Wildman–Crippen MR) is 74.0 cm³/mol. The Hall–Kier alpha value is -0.540. The molecule has 0 heterocycles. The molecule has 1 rings (SSSR count). The Kier molecular flexibility index (Phi) is 6.87. The standard InChI is InChI=1S/C11H16BrFN2O3S/c1-18-7-6-14-4-5-15-19(16,17)11-8-9(13)2-3-10(11)12/h2-3,8,14-15H,4-7H2,1H3. The summed E-state index contributed by atoms with van der Waals surface area (Å²) in [6.45, 7) is 1.88. The Morgan fingerprint density at radius 2 is 2.05 bits per heavy atom. The van der Waals surface area contributed by atoms with Gasteiger partial charge in [-0.3, -0.25) is 0 Å². The average Bonchev–Trinajstić information content (AvgIpc) is 2.36. The molecule has 5 nitrogen and oxygen atoms in total. The molecule has 0 bridgehead atoms. The number of rotatable bonds is 8. The van der Waals surface area contributed by atoms with E-state index in [2.05, 4.69) is 26.0 Å². The summed E-state index contributed by atoms with van der Waals surface area (Å²) in [6.07, 6.45) is 0. The van der Waals surface area contributed by atoms with Crippen molar-refractivity contribution in [3.05, 3.63) is 28.5 Å². The Morgan fingerprint density at radius 1 is 1.32 bits per heavy atom. The fourth-order valence-electron chi connectivity index (χ4n) is 1.33. The molecule has 0 amide bonds. The van der Waals surface area contributed by atoms with E-state index in [-0.39, 0.29) is 11.4 Å². The molecule has 2 N–H and O–H groups in total. The molecular formula is C11H16BrFN2O3S. The second kappa shape index (κ2) is 7.91. The number of methoxy groups -OCH3 is 1. The highest BCUT2D eigenvalue weighted by Crippen LogP contribution is 2.22. The Morgan fingerprint density at radius 3 is 2.74 bits per heavy atom. The summed E-state index contributed by atoms with van der Waals surface area (Å²) in [5, 5.41) is 3.00. The largest absolute Gasteiger partial charge is 0.383 e. The summed E-state index contributed by atoms with van der Waals surface area (Å²) >= 11 is 3.09. The molecule has 0 aliphatic carbocycles. The molecule has 0 saturated heterocycles. The van der Waals surface area contributed by atoms with Crippen LogP contribution in [-0.2, 0) is 14.8 Å². The summed E-state index contributed by atoms with van der Waals surface area (Å²) < 4.78 is 44.5. The number of hydrogen-bond donors (Lipinski definition) is 2. The minimum absolute atomic E-state index is 0.107. The molecule has 0 aliphatic rings. The van der Waals surface area contributed by atoms with E-state index in [4.69, 9.17) is 4.74 Å². The van der Waals surface area contributed by atoms with Gasteiger partial charge in [0.05, 0.1) is 11.5 Å². The van der Waals surface area contributed by atoms with E-state index in [1.54, 1.807) is 7.11 Å². The van der Waals surface area contributed by atoms with Crippen LogP contribution in [0.5, 0.6) is 0 Å². The SMILES string of the molecule is COCCNCCNS(=O)(=O)c1cc(F)ccc1Br. The highest BCUT2D eigenvalue weighted by molar-refractivity contribution is 9.10. The lowest BCUT2D eigenvalue weighted by atomic mass is 10.3. The minimum atomic E-state index is -3.71. The van der Waals surface area contributed by atoms with Crippen LogP contribution in [-0.4, -0.2) is 41.8 Å². The lowest BCUT2D eigenvalue weighted by Gasteiger charge is -2.09. The van der Waals surface area contributed by atoms with Gasteiger partial charge in [-0.2, -0.15) is 0 Å². The number of benzene rings is 1. The van der Waals surface area contributed by atoms with E-state index in [0.29, 0.717) is 24.2 Å². The second-order valence-corrected chi connectivity index (χ2v) is 6.31. The maximum Gasteiger partial charge on any atom is 0.241 e. The maximum absolute atomic E-state index is 13.1. The Labute approximate surface area is 120 Å². The van der Waals surface area contributed by atoms with Gasteiger partial charge in [0.1, 0.15) is 5.82 Å². The van der Waals surface area contributed by atoms with Crippen molar-refractivity contribution in [1.82, 2.24) is 10.0 Å². The third-order valence-corrected chi connectivity index (χ3v) is 4.71. The predicted octanol–water partition coefficient (Wildman–Crippen LogP) is 1.10. The van der Waals surface area contributed by atoms with Gasteiger partial charge < -0.3 is 10.1 Å². The molecule has 0 spiro atoms. The zero-order valence-corrected chi connectivity index (χ0v) is 12.9. The lowest BCUT2D eigenvalue weighted by Crippen LogP contribution is -2.33. The molecule has 0 aliphatic heterocycles. The van der Waals surface area contributed by atoms with Crippen molar-refractivity contribution >= 4 is 26.0 Å². The monoisotopic (exact) mass is 354 g/mol. The van der Waals surface area contributed by atoms with Crippen LogP contribution in [0, 0.1) is 5.82 Å². The average molecular weight is 355 g/mol. The van der Waals surface area contributed by atoms with Crippen molar-refractivity contribution in [3.8, 4) is 0 Å². The molecule has 1 aromatic rings. The van der Waals surface area contributed by atoms with E-state index in [0.717, 1.165) is 6.07 Å². The molecule has 19 heavy (non-hydrogen) atoms. The normalized spacial score (nSPS) is 11.7. The third-order valence-electron chi connectivity index (χ3n) is 2.26. The molecule has 0 fully saturated rings. The molecule has 1 aromatic carbocycles. The highest BCUT2D eigenvalue weighted by atomic mass is 79.9. The zero-order chi connectivity index (χ0) is 14.3. The number of sulfonamides is 1. The van der Waals surface area contributed by atoms with E-state index in [9.17, 15) is 12.8 Å². The van der Waals surface area contributed by atoms with Crippen molar-refractivity contribution in [2.45, 2.75) is 4.90 Å². The first-order valence-electron chi connectivity index (χ1n) is 5.62. The van der Waals surface area contributed by atoms with Crippen LogP contribution in [0.25, 0.3) is 0 Å². The van der Waals surface area contributed by atoms with E-state index < -0.39 is 15.8 Å². The van der Waals surface area contributed by atoms with Crippen LogP contribution in [0.2, 0.25) is 0 Å². The van der Waals surface area contributed by atoms with E-state index >= 15 is 0 Å². The summed E-state index contributed by atoms with van der Waals surface area (Å²) in [4.78, 5) is -0.107. The fraction of sp³-hybridized carbons (Fsp3) is 0.455. The van der Waals surface area contributed by atoms with E-state index in [1.165, 1.54) is 12.1 Å². The highest BCUT2D eigenvalue weighted by Gasteiger charge is 2.17. The van der Waals surface area contributed by atoms with Crippen molar-refractivity contribution in [1.29, 1.82) is 0 Å². The molecule has 0 saturated carbocycles.